The number of hydrogen-bond donors (Lipinski definition) is 2. The first-order chi connectivity index (χ1) is 29.8. The van der Waals surface area contributed by atoms with Crippen molar-refractivity contribution in [2.45, 2.75) is 224 Å². The Hall–Kier alpha value is -2.84. The number of phenols is 1. The van der Waals surface area contributed by atoms with Crippen LogP contribution in [0, 0.1) is 0 Å². The highest BCUT2D eigenvalue weighted by Gasteiger charge is 2.24. The molecule has 0 saturated heterocycles. The van der Waals surface area contributed by atoms with Gasteiger partial charge in [0.15, 0.2) is 0 Å². The SMILES string of the molecule is CCCCCCCCCCCCCCCCCCN(CCCCCCCCCCCCCCCCCC)C(=O)c1cc(NS(=O)(=O)c2ccc(Cl)nc2)c2ccccc2c1O. The molecule has 0 aliphatic carbocycles. The van der Waals surface area contributed by atoms with Gasteiger partial charge in [0.25, 0.3) is 15.9 Å². The number of amides is 1. The molecule has 7 nitrogen and oxygen atoms in total. The molecule has 0 aliphatic rings. The van der Waals surface area contributed by atoms with Crippen LogP contribution in [0.5, 0.6) is 5.75 Å². The Morgan fingerprint density at radius 3 is 1.33 bits per heavy atom. The summed E-state index contributed by atoms with van der Waals surface area (Å²) >= 11 is 5.93. The molecule has 0 spiro atoms. The van der Waals surface area contributed by atoms with Gasteiger partial charge >= 0.3 is 0 Å². The molecule has 1 heterocycles. The third-order valence-corrected chi connectivity index (χ3v) is 13.9. The van der Waals surface area contributed by atoms with E-state index in [0.29, 0.717) is 23.9 Å². The monoisotopic (exact) mass is 882 g/mol. The number of unbranched alkanes of at least 4 members (excludes halogenated alkanes) is 30. The molecule has 344 valence electrons. The number of rotatable bonds is 38. The van der Waals surface area contributed by atoms with Crippen LogP contribution in [0.2, 0.25) is 5.15 Å². The van der Waals surface area contributed by atoms with Gasteiger partial charge in [0.05, 0.1) is 11.3 Å². The summed E-state index contributed by atoms with van der Waals surface area (Å²) in [6, 6.07) is 11.3. The number of carbonyl (C=O) groups is 1. The molecule has 2 N–H and O–H groups in total. The van der Waals surface area contributed by atoms with Gasteiger partial charge < -0.3 is 10.0 Å². The van der Waals surface area contributed by atoms with Gasteiger partial charge in [-0.2, -0.15) is 0 Å². The zero-order valence-corrected chi connectivity index (χ0v) is 40.1. The molecule has 0 fully saturated rings. The largest absolute Gasteiger partial charge is 0.506 e. The van der Waals surface area contributed by atoms with E-state index in [1.807, 2.05) is 4.90 Å². The van der Waals surface area contributed by atoms with E-state index in [9.17, 15) is 18.3 Å². The lowest BCUT2D eigenvalue weighted by atomic mass is 10.0. The minimum absolute atomic E-state index is 0.0458. The topological polar surface area (TPSA) is 99.6 Å². The average Bonchev–Trinajstić information content (AvgIpc) is 3.26. The van der Waals surface area contributed by atoms with E-state index in [0.717, 1.165) is 38.5 Å². The summed E-state index contributed by atoms with van der Waals surface area (Å²) in [6.45, 7) is 5.77. The van der Waals surface area contributed by atoms with Crippen molar-refractivity contribution in [2.75, 3.05) is 17.8 Å². The van der Waals surface area contributed by atoms with E-state index in [-0.39, 0.29) is 33.0 Å². The van der Waals surface area contributed by atoms with Crippen LogP contribution in [-0.2, 0) is 10.0 Å². The molecule has 9 heteroatoms. The first kappa shape index (κ1) is 52.5. The maximum absolute atomic E-state index is 14.4. The molecular formula is C52H84ClN3O4S. The van der Waals surface area contributed by atoms with Crippen molar-refractivity contribution in [1.82, 2.24) is 9.88 Å². The lowest BCUT2D eigenvalue weighted by Gasteiger charge is -2.24. The van der Waals surface area contributed by atoms with E-state index < -0.39 is 10.0 Å². The van der Waals surface area contributed by atoms with Crippen molar-refractivity contribution in [3.63, 3.8) is 0 Å². The van der Waals surface area contributed by atoms with E-state index in [1.165, 1.54) is 191 Å². The molecule has 1 amide bonds. The average molecular weight is 883 g/mol. The quantitative estimate of drug-likeness (QED) is 0.0339. The van der Waals surface area contributed by atoms with Crippen molar-refractivity contribution in [1.29, 1.82) is 0 Å². The van der Waals surface area contributed by atoms with Crippen LogP contribution in [0.15, 0.2) is 53.6 Å². The highest BCUT2D eigenvalue weighted by molar-refractivity contribution is 7.92. The number of benzene rings is 2. The number of nitrogens with zero attached hydrogens (tertiary/aromatic N) is 2. The standard InChI is InChI=1S/C52H84ClN3O4S/c1-3-5-7-9-11-13-15-17-19-21-23-25-27-29-31-35-41-56(42-36-32-30-28-26-24-22-20-18-16-14-12-10-8-6-4-2)52(58)48-43-49(46-37-33-34-38-47(46)51(48)57)55-61(59,60)45-39-40-50(53)54-44-45/h33-34,37-40,43-44,55,57H,3-32,35-36,41-42H2,1-2H3. The van der Waals surface area contributed by atoms with Crippen LogP contribution < -0.4 is 4.72 Å². The molecule has 0 bridgehead atoms. The van der Waals surface area contributed by atoms with Crippen molar-refractivity contribution >= 4 is 44.0 Å². The van der Waals surface area contributed by atoms with Gasteiger partial charge in [0.1, 0.15) is 15.8 Å². The summed E-state index contributed by atoms with van der Waals surface area (Å²) in [4.78, 5) is 20.2. The molecule has 61 heavy (non-hydrogen) atoms. The summed E-state index contributed by atoms with van der Waals surface area (Å²) in [5.74, 6) is -0.389. The van der Waals surface area contributed by atoms with Crippen molar-refractivity contribution in [3.05, 3.63) is 59.4 Å². The van der Waals surface area contributed by atoms with Crippen molar-refractivity contribution < 1.29 is 18.3 Å². The van der Waals surface area contributed by atoms with Crippen molar-refractivity contribution in [2.24, 2.45) is 0 Å². The van der Waals surface area contributed by atoms with Crippen LogP contribution in [0.4, 0.5) is 5.69 Å². The van der Waals surface area contributed by atoms with Crippen LogP contribution >= 0.6 is 11.6 Å². The van der Waals surface area contributed by atoms with E-state index >= 15 is 0 Å². The first-order valence-corrected chi connectivity index (χ1v) is 26.8. The maximum Gasteiger partial charge on any atom is 0.263 e. The number of nitrogens with one attached hydrogen (secondary N) is 1. The number of aromatic nitrogens is 1. The fourth-order valence-electron chi connectivity index (χ4n) is 8.52. The van der Waals surface area contributed by atoms with Gasteiger partial charge in [-0.05, 0) is 31.0 Å². The summed E-state index contributed by atoms with van der Waals surface area (Å²) in [7, 11) is -4.05. The Kier molecular flexibility index (Phi) is 28.2. The lowest BCUT2D eigenvalue weighted by molar-refractivity contribution is 0.0746. The predicted octanol–water partition coefficient (Wildman–Crippen LogP) is 16.4. The number of pyridine rings is 1. The zero-order valence-electron chi connectivity index (χ0n) is 38.5. The number of carbonyl (C=O) groups excluding carboxylic acids is 1. The van der Waals surface area contributed by atoms with Gasteiger partial charge in [0, 0.05) is 30.1 Å². The molecule has 1 aromatic heterocycles. The second-order valence-electron chi connectivity index (χ2n) is 17.7. The van der Waals surface area contributed by atoms with Crippen LogP contribution in [0.25, 0.3) is 10.8 Å². The molecular weight excluding hydrogens is 798 g/mol. The number of anilines is 1. The molecule has 0 saturated carbocycles. The molecule has 0 atom stereocenters. The Labute approximate surface area is 377 Å². The normalized spacial score (nSPS) is 11.7. The van der Waals surface area contributed by atoms with E-state index in [2.05, 4.69) is 23.6 Å². The minimum atomic E-state index is -4.05. The molecule has 0 aliphatic heterocycles. The number of halogens is 1. The Morgan fingerprint density at radius 2 is 0.951 bits per heavy atom. The highest BCUT2D eigenvalue weighted by atomic mass is 35.5. The molecule has 0 unspecified atom stereocenters. The molecule has 0 radical (unpaired) electrons. The second kappa shape index (κ2) is 32.8. The first-order valence-electron chi connectivity index (χ1n) is 25.0. The Morgan fingerprint density at radius 1 is 0.574 bits per heavy atom. The fraction of sp³-hybridized carbons (Fsp3) is 0.692. The summed E-state index contributed by atoms with van der Waals surface area (Å²) in [5, 5.41) is 12.6. The van der Waals surface area contributed by atoms with Gasteiger partial charge in [0.2, 0.25) is 0 Å². The fourth-order valence-corrected chi connectivity index (χ4v) is 9.65. The molecule has 2 aromatic carbocycles. The van der Waals surface area contributed by atoms with Gasteiger partial charge in [-0.3, -0.25) is 9.52 Å². The zero-order chi connectivity index (χ0) is 43.8. The van der Waals surface area contributed by atoms with Gasteiger partial charge in [-0.15, -0.1) is 0 Å². The number of phenolic OH excluding ortho intramolecular Hbond substituents is 1. The number of hydrogen-bond acceptors (Lipinski definition) is 5. The summed E-state index contributed by atoms with van der Waals surface area (Å²) < 4.78 is 29.6. The summed E-state index contributed by atoms with van der Waals surface area (Å²) in [5.41, 5.74) is 0.343. The third kappa shape index (κ3) is 21.9. The second-order valence-corrected chi connectivity index (χ2v) is 19.8. The molecule has 3 aromatic rings. The van der Waals surface area contributed by atoms with E-state index in [4.69, 9.17) is 11.6 Å². The van der Waals surface area contributed by atoms with Gasteiger partial charge in [-0.25, -0.2) is 13.4 Å². The number of fused-ring (bicyclic) bond motifs is 1. The third-order valence-electron chi connectivity index (χ3n) is 12.4. The smallest absolute Gasteiger partial charge is 0.263 e. The minimum Gasteiger partial charge on any atom is -0.506 e. The van der Waals surface area contributed by atoms with Gasteiger partial charge in [-0.1, -0.05) is 242 Å². The van der Waals surface area contributed by atoms with Crippen LogP contribution in [0.3, 0.4) is 0 Å². The lowest BCUT2D eigenvalue weighted by Crippen LogP contribution is -2.33. The van der Waals surface area contributed by atoms with Crippen molar-refractivity contribution in [3.8, 4) is 5.75 Å². The molecule has 3 rings (SSSR count). The van der Waals surface area contributed by atoms with Crippen LogP contribution in [-0.4, -0.2) is 42.4 Å². The highest BCUT2D eigenvalue weighted by Crippen LogP contribution is 2.36. The Balaban J connectivity index is 1.51. The van der Waals surface area contributed by atoms with Crippen LogP contribution in [0.1, 0.15) is 230 Å². The van der Waals surface area contributed by atoms with E-state index in [1.54, 1.807) is 24.3 Å². The number of aromatic hydroxyl groups is 1. The number of sulfonamides is 1. The summed E-state index contributed by atoms with van der Waals surface area (Å²) in [6.07, 6.45) is 42.5. The Bertz CT molecular complexity index is 1660. The predicted molar refractivity (Wildman–Crippen MR) is 261 cm³/mol. The maximum atomic E-state index is 14.4.